The summed E-state index contributed by atoms with van der Waals surface area (Å²) in [6, 6.07) is 4.09. The summed E-state index contributed by atoms with van der Waals surface area (Å²) in [7, 11) is 0. The molecule has 0 aliphatic carbocycles. The van der Waals surface area contributed by atoms with E-state index >= 15 is 0 Å². The third-order valence-corrected chi connectivity index (χ3v) is 5.87. The molecule has 0 saturated carbocycles. The van der Waals surface area contributed by atoms with Gasteiger partial charge < -0.3 is 9.80 Å². The van der Waals surface area contributed by atoms with E-state index < -0.39 is 0 Å². The lowest BCUT2D eigenvalue weighted by atomic mass is 9.90. The number of hydrogen-bond donors (Lipinski definition) is 0. The van der Waals surface area contributed by atoms with Gasteiger partial charge in [-0.1, -0.05) is 0 Å². The predicted octanol–water partition coefficient (Wildman–Crippen LogP) is 3.31. The van der Waals surface area contributed by atoms with Crippen molar-refractivity contribution in [3.63, 3.8) is 0 Å². The minimum atomic E-state index is 0.332. The third kappa shape index (κ3) is 3.77. The molecule has 5 heterocycles. The number of hydrogen-bond acceptors (Lipinski definition) is 7. The van der Waals surface area contributed by atoms with E-state index in [1.807, 2.05) is 36.9 Å². The molecule has 29 heavy (non-hydrogen) atoms. The molecule has 2 aliphatic rings. The normalized spacial score (nSPS) is 19.5. The van der Waals surface area contributed by atoms with Crippen molar-refractivity contribution in [1.29, 1.82) is 0 Å². The number of anilines is 2. The van der Waals surface area contributed by atoms with E-state index in [2.05, 4.69) is 24.8 Å². The maximum Gasteiger partial charge on any atom is 0.225 e. The number of rotatable bonds is 4. The first-order valence-electron chi connectivity index (χ1n) is 10.4. The Bertz CT molecular complexity index is 942. The largest absolute Gasteiger partial charge is 0.355 e. The van der Waals surface area contributed by atoms with Crippen molar-refractivity contribution >= 4 is 11.8 Å². The molecule has 2 aliphatic heterocycles. The van der Waals surface area contributed by atoms with Crippen LogP contribution in [0.2, 0.25) is 0 Å². The van der Waals surface area contributed by atoms with Crippen LogP contribution >= 0.6 is 0 Å². The second kappa shape index (κ2) is 8.11. The lowest BCUT2D eigenvalue weighted by Gasteiger charge is -2.34. The second-order valence-corrected chi connectivity index (χ2v) is 7.75. The molecular formula is C22H25N7. The van der Waals surface area contributed by atoms with E-state index in [0.29, 0.717) is 5.92 Å². The van der Waals surface area contributed by atoms with Crippen LogP contribution in [0, 0.1) is 0 Å². The van der Waals surface area contributed by atoms with Gasteiger partial charge in [-0.05, 0) is 43.4 Å². The van der Waals surface area contributed by atoms with E-state index in [-0.39, 0.29) is 0 Å². The molecule has 148 valence electrons. The smallest absolute Gasteiger partial charge is 0.225 e. The zero-order valence-corrected chi connectivity index (χ0v) is 16.5. The molecule has 0 spiro atoms. The van der Waals surface area contributed by atoms with Crippen molar-refractivity contribution in [3.05, 3.63) is 55.0 Å². The first-order chi connectivity index (χ1) is 14.4. The van der Waals surface area contributed by atoms with E-state index in [1.165, 1.54) is 12.8 Å². The SMILES string of the molecule is c1cc(-c2cnc(N3CCCC3)nc2C2CCCN(c3cnccn3)C2)ccn1. The molecule has 0 radical (unpaired) electrons. The lowest BCUT2D eigenvalue weighted by Crippen LogP contribution is -2.35. The van der Waals surface area contributed by atoms with Crippen LogP contribution < -0.4 is 9.80 Å². The van der Waals surface area contributed by atoms with Crippen LogP contribution in [-0.4, -0.2) is 51.1 Å². The standard InChI is InChI=1S/C22H25N7/c1-2-12-28(11-1)22-26-14-19(17-5-7-23-8-6-17)21(27-22)18-4-3-13-29(16-18)20-15-24-9-10-25-20/h5-10,14-15,18H,1-4,11-13,16H2. The van der Waals surface area contributed by atoms with Gasteiger partial charge in [0.1, 0.15) is 5.82 Å². The van der Waals surface area contributed by atoms with Gasteiger partial charge in [-0.25, -0.2) is 15.0 Å². The summed E-state index contributed by atoms with van der Waals surface area (Å²) in [5, 5.41) is 0. The van der Waals surface area contributed by atoms with Gasteiger partial charge in [-0.3, -0.25) is 9.97 Å². The Morgan fingerprint density at radius 2 is 1.62 bits per heavy atom. The van der Waals surface area contributed by atoms with Gasteiger partial charge >= 0.3 is 0 Å². The number of piperidine rings is 1. The summed E-state index contributed by atoms with van der Waals surface area (Å²) < 4.78 is 0. The minimum Gasteiger partial charge on any atom is -0.355 e. The third-order valence-electron chi connectivity index (χ3n) is 5.87. The fourth-order valence-corrected chi connectivity index (χ4v) is 4.38. The van der Waals surface area contributed by atoms with E-state index in [0.717, 1.165) is 67.6 Å². The van der Waals surface area contributed by atoms with Gasteiger partial charge in [0.2, 0.25) is 5.95 Å². The Balaban J connectivity index is 1.51. The van der Waals surface area contributed by atoms with Crippen LogP contribution in [0.25, 0.3) is 11.1 Å². The molecule has 0 N–H and O–H groups in total. The fraction of sp³-hybridized carbons (Fsp3) is 0.409. The van der Waals surface area contributed by atoms with Crippen molar-refractivity contribution in [1.82, 2.24) is 24.9 Å². The average Bonchev–Trinajstić information content (AvgIpc) is 3.35. The molecule has 7 heteroatoms. The highest BCUT2D eigenvalue weighted by molar-refractivity contribution is 5.66. The van der Waals surface area contributed by atoms with Gasteiger partial charge in [0.05, 0.1) is 11.9 Å². The van der Waals surface area contributed by atoms with Crippen molar-refractivity contribution in [2.45, 2.75) is 31.6 Å². The van der Waals surface area contributed by atoms with E-state index in [4.69, 9.17) is 9.97 Å². The summed E-state index contributed by atoms with van der Waals surface area (Å²) >= 11 is 0. The molecule has 0 aromatic carbocycles. The molecule has 5 rings (SSSR count). The van der Waals surface area contributed by atoms with Crippen molar-refractivity contribution in [2.75, 3.05) is 36.0 Å². The van der Waals surface area contributed by atoms with Crippen molar-refractivity contribution in [2.24, 2.45) is 0 Å². The van der Waals surface area contributed by atoms with Gasteiger partial charge in [-0.15, -0.1) is 0 Å². The first-order valence-corrected chi connectivity index (χ1v) is 10.4. The Kier molecular flexibility index (Phi) is 5.02. The van der Waals surface area contributed by atoms with E-state index in [1.54, 1.807) is 12.4 Å². The molecule has 3 aromatic rings. The Labute approximate surface area is 170 Å². The maximum atomic E-state index is 5.11. The minimum absolute atomic E-state index is 0.332. The van der Waals surface area contributed by atoms with Gasteiger partial charge in [-0.2, -0.15) is 0 Å². The highest BCUT2D eigenvalue weighted by atomic mass is 15.3. The van der Waals surface area contributed by atoms with Crippen molar-refractivity contribution in [3.8, 4) is 11.1 Å². The van der Waals surface area contributed by atoms with Crippen LogP contribution in [0.4, 0.5) is 11.8 Å². The maximum absolute atomic E-state index is 5.11. The fourth-order valence-electron chi connectivity index (χ4n) is 4.38. The van der Waals surface area contributed by atoms with Gasteiger partial charge in [0.25, 0.3) is 0 Å². The molecule has 1 atom stereocenters. The molecule has 0 amide bonds. The Morgan fingerprint density at radius 1 is 0.793 bits per heavy atom. The predicted molar refractivity (Wildman–Crippen MR) is 113 cm³/mol. The quantitative estimate of drug-likeness (QED) is 0.680. The average molecular weight is 387 g/mol. The molecule has 3 aromatic heterocycles. The monoisotopic (exact) mass is 387 g/mol. The summed E-state index contributed by atoms with van der Waals surface area (Å²) in [6.07, 6.45) is 15.7. The Morgan fingerprint density at radius 3 is 2.41 bits per heavy atom. The first kappa shape index (κ1) is 18.0. The molecule has 2 fully saturated rings. The summed E-state index contributed by atoms with van der Waals surface area (Å²) in [5.74, 6) is 2.14. The lowest BCUT2D eigenvalue weighted by molar-refractivity contribution is 0.498. The molecular weight excluding hydrogens is 362 g/mol. The van der Waals surface area contributed by atoms with Crippen molar-refractivity contribution < 1.29 is 0 Å². The highest BCUT2D eigenvalue weighted by Gasteiger charge is 2.27. The van der Waals surface area contributed by atoms with E-state index in [9.17, 15) is 0 Å². The van der Waals surface area contributed by atoms with Gasteiger partial charge in [0.15, 0.2) is 0 Å². The number of pyridine rings is 1. The molecule has 0 bridgehead atoms. The Hall–Kier alpha value is -3.09. The molecule has 2 saturated heterocycles. The zero-order valence-electron chi connectivity index (χ0n) is 16.5. The second-order valence-electron chi connectivity index (χ2n) is 7.75. The zero-order chi connectivity index (χ0) is 19.5. The topological polar surface area (TPSA) is 70.9 Å². The van der Waals surface area contributed by atoms with Crippen LogP contribution in [0.3, 0.4) is 0 Å². The number of nitrogens with zero attached hydrogens (tertiary/aromatic N) is 7. The van der Waals surface area contributed by atoms with Crippen LogP contribution in [0.5, 0.6) is 0 Å². The number of aromatic nitrogens is 5. The summed E-state index contributed by atoms with van der Waals surface area (Å²) in [5.41, 5.74) is 3.38. The summed E-state index contributed by atoms with van der Waals surface area (Å²) in [4.78, 5) is 27.4. The summed E-state index contributed by atoms with van der Waals surface area (Å²) in [6.45, 7) is 3.99. The van der Waals surface area contributed by atoms with Crippen LogP contribution in [0.1, 0.15) is 37.3 Å². The van der Waals surface area contributed by atoms with Gasteiger partial charge in [0, 0.05) is 68.6 Å². The van der Waals surface area contributed by atoms with Crippen LogP contribution in [-0.2, 0) is 0 Å². The highest BCUT2D eigenvalue weighted by Crippen LogP contribution is 2.35. The molecule has 7 nitrogen and oxygen atoms in total. The molecule has 1 unspecified atom stereocenters. The van der Waals surface area contributed by atoms with Crippen LogP contribution in [0.15, 0.2) is 49.3 Å².